The van der Waals surface area contributed by atoms with E-state index < -0.39 is 11.5 Å². The van der Waals surface area contributed by atoms with Gasteiger partial charge in [0.2, 0.25) is 0 Å². The van der Waals surface area contributed by atoms with Crippen LogP contribution in [0.2, 0.25) is 0 Å². The van der Waals surface area contributed by atoms with Gasteiger partial charge in [-0.3, -0.25) is 15.0 Å². The maximum Gasteiger partial charge on any atom is 0.349 e. The van der Waals surface area contributed by atoms with Gasteiger partial charge in [0.1, 0.15) is 11.3 Å². The van der Waals surface area contributed by atoms with Gasteiger partial charge >= 0.3 is 5.69 Å². The van der Waals surface area contributed by atoms with Gasteiger partial charge < -0.3 is 0 Å². The lowest BCUT2D eigenvalue weighted by atomic mass is 10.1. The Morgan fingerprint density at radius 2 is 2.22 bits per heavy atom. The first-order valence-electron chi connectivity index (χ1n) is 5.33. The van der Waals surface area contributed by atoms with Crippen LogP contribution in [0.1, 0.15) is 5.56 Å². The second-order valence-electron chi connectivity index (χ2n) is 4.20. The predicted octanol–water partition coefficient (Wildman–Crippen LogP) is 1.74. The maximum absolute atomic E-state index is 14.2. The molecule has 3 rings (SSSR count). The lowest BCUT2D eigenvalue weighted by Crippen LogP contribution is -2.25. The number of aromatic nitrogens is 2. The molecule has 0 unspecified atom stereocenters. The molecule has 1 aliphatic heterocycles. The SMILES string of the molecule is CN1Nc2c3c1cc(CBr)c(F)c3nc(=O)n2C. The first kappa shape index (κ1) is 11.5. The minimum atomic E-state index is -0.475. The van der Waals surface area contributed by atoms with Crippen LogP contribution in [0.5, 0.6) is 0 Å². The van der Waals surface area contributed by atoms with E-state index in [1.807, 2.05) is 7.05 Å². The van der Waals surface area contributed by atoms with E-state index in [1.165, 1.54) is 4.57 Å². The van der Waals surface area contributed by atoms with E-state index in [0.717, 1.165) is 5.69 Å². The van der Waals surface area contributed by atoms with Crippen molar-refractivity contribution in [2.24, 2.45) is 7.05 Å². The average Bonchev–Trinajstić information content (AvgIpc) is 2.67. The first-order valence-corrected chi connectivity index (χ1v) is 6.45. The molecule has 94 valence electrons. The van der Waals surface area contributed by atoms with E-state index in [1.54, 1.807) is 18.1 Å². The lowest BCUT2D eigenvalue weighted by molar-refractivity contribution is 0.625. The van der Waals surface area contributed by atoms with E-state index in [9.17, 15) is 9.18 Å². The standard InChI is InChI=1S/C11H10BrFN4O/c1-16-10-7-6(17(2)15-10)3-5(4-12)8(13)9(7)14-11(16)18/h3,15H,4H2,1-2H3. The average molecular weight is 313 g/mol. The molecule has 0 atom stereocenters. The molecule has 0 saturated carbocycles. The molecule has 0 fully saturated rings. The van der Waals surface area contributed by atoms with Gasteiger partial charge in [0, 0.05) is 25.0 Å². The molecule has 1 aliphatic rings. The summed E-state index contributed by atoms with van der Waals surface area (Å²) in [5.74, 6) is 0.129. The summed E-state index contributed by atoms with van der Waals surface area (Å²) >= 11 is 3.24. The van der Waals surface area contributed by atoms with Crippen molar-refractivity contribution >= 4 is 38.3 Å². The van der Waals surface area contributed by atoms with Crippen LogP contribution in [0, 0.1) is 5.82 Å². The molecule has 7 heteroatoms. The molecule has 2 heterocycles. The van der Waals surface area contributed by atoms with Crippen LogP contribution in [-0.4, -0.2) is 16.6 Å². The Morgan fingerprint density at radius 3 is 2.89 bits per heavy atom. The van der Waals surface area contributed by atoms with Gasteiger partial charge in [0.15, 0.2) is 5.82 Å². The van der Waals surface area contributed by atoms with Gasteiger partial charge in [0.25, 0.3) is 0 Å². The topological polar surface area (TPSA) is 50.2 Å². The van der Waals surface area contributed by atoms with E-state index in [-0.39, 0.29) is 5.52 Å². The molecule has 0 radical (unpaired) electrons. The molecule has 0 amide bonds. The molecule has 0 spiro atoms. The van der Waals surface area contributed by atoms with Crippen molar-refractivity contribution in [3.05, 3.63) is 27.9 Å². The quantitative estimate of drug-likeness (QED) is 0.815. The monoisotopic (exact) mass is 312 g/mol. The number of anilines is 2. The highest BCUT2D eigenvalue weighted by molar-refractivity contribution is 9.08. The van der Waals surface area contributed by atoms with Crippen molar-refractivity contribution in [2.45, 2.75) is 5.33 Å². The van der Waals surface area contributed by atoms with Crippen LogP contribution < -0.4 is 16.1 Å². The third-order valence-corrected chi connectivity index (χ3v) is 3.74. The van der Waals surface area contributed by atoms with Gasteiger partial charge in [-0.15, -0.1) is 0 Å². The molecule has 0 aliphatic carbocycles. The number of rotatable bonds is 1. The Bertz CT molecular complexity index is 727. The van der Waals surface area contributed by atoms with E-state index in [0.29, 0.717) is 22.1 Å². The van der Waals surface area contributed by atoms with Gasteiger partial charge in [-0.05, 0) is 6.07 Å². The van der Waals surface area contributed by atoms with Gasteiger partial charge in [-0.1, -0.05) is 15.9 Å². The van der Waals surface area contributed by atoms with Crippen LogP contribution >= 0.6 is 15.9 Å². The summed E-state index contributed by atoms with van der Waals surface area (Å²) < 4.78 is 15.6. The predicted molar refractivity (Wildman–Crippen MR) is 71.6 cm³/mol. The summed E-state index contributed by atoms with van der Waals surface area (Å²) in [4.78, 5) is 15.5. The molecular formula is C11H10BrFN4O. The van der Waals surface area contributed by atoms with Crippen molar-refractivity contribution in [1.82, 2.24) is 9.55 Å². The first-order chi connectivity index (χ1) is 8.54. The van der Waals surface area contributed by atoms with Crippen LogP contribution in [0.3, 0.4) is 0 Å². The van der Waals surface area contributed by atoms with E-state index in [2.05, 4.69) is 26.3 Å². The lowest BCUT2D eigenvalue weighted by Gasteiger charge is -2.13. The van der Waals surface area contributed by atoms with Crippen molar-refractivity contribution in [3.63, 3.8) is 0 Å². The molecule has 0 saturated heterocycles. The largest absolute Gasteiger partial charge is 0.349 e. The van der Waals surface area contributed by atoms with Gasteiger partial charge in [-0.2, -0.15) is 4.98 Å². The molecule has 0 bridgehead atoms. The third kappa shape index (κ3) is 1.30. The van der Waals surface area contributed by atoms with Crippen LogP contribution in [0.15, 0.2) is 10.9 Å². The van der Waals surface area contributed by atoms with Gasteiger partial charge in [-0.25, -0.2) is 9.18 Å². The smallest absolute Gasteiger partial charge is 0.289 e. The van der Waals surface area contributed by atoms with Gasteiger partial charge in [0.05, 0.1) is 11.1 Å². The fourth-order valence-electron chi connectivity index (χ4n) is 2.17. The Balaban J connectivity index is 2.55. The van der Waals surface area contributed by atoms with E-state index >= 15 is 0 Å². The zero-order valence-corrected chi connectivity index (χ0v) is 11.4. The van der Waals surface area contributed by atoms with Crippen molar-refractivity contribution in [3.8, 4) is 0 Å². The summed E-state index contributed by atoms with van der Waals surface area (Å²) in [5.41, 5.74) is 3.98. The highest BCUT2D eigenvalue weighted by atomic mass is 79.9. The summed E-state index contributed by atoms with van der Waals surface area (Å²) in [5, 5.41) is 2.77. The molecule has 1 N–H and O–H groups in total. The molecule has 1 aromatic carbocycles. The molecule has 2 aromatic rings. The molecule has 5 nitrogen and oxygen atoms in total. The van der Waals surface area contributed by atoms with Crippen LogP contribution in [-0.2, 0) is 12.4 Å². The highest BCUT2D eigenvalue weighted by Crippen LogP contribution is 2.38. The summed E-state index contributed by atoms with van der Waals surface area (Å²) in [6, 6.07) is 1.75. The second-order valence-corrected chi connectivity index (χ2v) is 4.76. The highest BCUT2D eigenvalue weighted by Gasteiger charge is 2.26. The number of halogens is 2. The number of hydrazine groups is 1. The maximum atomic E-state index is 14.2. The zero-order chi connectivity index (χ0) is 13.0. The number of benzene rings is 1. The summed E-state index contributed by atoms with van der Waals surface area (Å²) in [6.45, 7) is 0. The minimum Gasteiger partial charge on any atom is -0.289 e. The summed E-state index contributed by atoms with van der Waals surface area (Å²) in [7, 11) is 3.42. The second kappa shape index (κ2) is 3.68. The summed E-state index contributed by atoms with van der Waals surface area (Å²) in [6.07, 6.45) is 0. The number of nitrogens with one attached hydrogen (secondary N) is 1. The van der Waals surface area contributed by atoms with Crippen LogP contribution in [0.4, 0.5) is 15.9 Å². The Kier molecular flexibility index (Phi) is 2.34. The molecular weight excluding hydrogens is 303 g/mol. The van der Waals surface area contributed by atoms with E-state index in [4.69, 9.17) is 0 Å². The number of alkyl halides is 1. The number of nitrogens with zero attached hydrogens (tertiary/aromatic N) is 3. The number of hydrogen-bond donors (Lipinski definition) is 1. The molecule has 1 aromatic heterocycles. The number of hydrogen-bond acceptors (Lipinski definition) is 4. The minimum absolute atomic E-state index is 0.122. The Morgan fingerprint density at radius 1 is 1.50 bits per heavy atom. The third-order valence-electron chi connectivity index (χ3n) is 3.14. The Labute approximate surface area is 110 Å². The van der Waals surface area contributed by atoms with Crippen molar-refractivity contribution < 1.29 is 4.39 Å². The van der Waals surface area contributed by atoms with Crippen LogP contribution in [0.25, 0.3) is 10.9 Å². The normalized spacial score (nSPS) is 13.2. The van der Waals surface area contributed by atoms with Crippen molar-refractivity contribution in [2.75, 3.05) is 17.5 Å². The molecule has 18 heavy (non-hydrogen) atoms. The fourth-order valence-corrected chi connectivity index (χ4v) is 2.58. The fraction of sp³-hybridized carbons (Fsp3) is 0.273. The zero-order valence-electron chi connectivity index (χ0n) is 9.79. The van der Waals surface area contributed by atoms with Crippen molar-refractivity contribution in [1.29, 1.82) is 0 Å². The Hall–Kier alpha value is -1.63.